The highest BCUT2D eigenvalue weighted by atomic mass is 32.2. The van der Waals surface area contributed by atoms with Crippen molar-refractivity contribution in [3.8, 4) is 0 Å². The van der Waals surface area contributed by atoms with Crippen LogP contribution in [0.5, 0.6) is 0 Å². The molecule has 104 valence electrons. The highest BCUT2D eigenvalue weighted by Crippen LogP contribution is 2.30. The van der Waals surface area contributed by atoms with Crippen molar-refractivity contribution in [3.05, 3.63) is 24.3 Å². The molecule has 0 N–H and O–H groups in total. The van der Waals surface area contributed by atoms with Crippen molar-refractivity contribution in [2.75, 3.05) is 12.0 Å². The van der Waals surface area contributed by atoms with E-state index in [-0.39, 0.29) is 21.5 Å². The predicted octanol–water partition coefficient (Wildman–Crippen LogP) is 0.843. The molecule has 0 radical (unpaired) electrons. The highest BCUT2D eigenvalue weighted by Gasteiger charge is 2.33. The Kier molecular flexibility index (Phi) is 3.53. The lowest BCUT2D eigenvalue weighted by molar-refractivity contribution is -0.117. The van der Waals surface area contributed by atoms with Crippen LogP contribution in [0.15, 0.2) is 34.1 Å². The van der Waals surface area contributed by atoms with E-state index in [4.69, 9.17) is 0 Å². The van der Waals surface area contributed by atoms with Gasteiger partial charge in [0, 0.05) is 12.2 Å². The van der Waals surface area contributed by atoms with E-state index in [1.807, 2.05) is 0 Å². The molecular weight excluding hydrogens is 288 g/mol. The van der Waals surface area contributed by atoms with Gasteiger partial charge in [-0.3, -0.25) is 4.79 Å². The molecule has 2 rings (SSSR count). The SMILES string of the molecule is CS(=O)(=O)c1ccc(S(=O)(=O)CC(=O)C2CC2)cc1. The van der Waals surface area contributed by atoms with Gasteiger partial charge < -0.3 is 0 Å². The maximum atomic E-state index is 12.0. The summed E-state index contributed by atoms with van der Waals surface area (Å²) in [6.45, 7) is 0. The molecule has 0 aromatic heterocycles. The molecule has 1 aromatic carbocycles. The van der Waals surface area contributed by atoms with Crippen LogP contribution in [0.2, 0.25) is 0 Å². The molecule has 0 saturated heterocycles. The van der Waals surface area contributed by atoms with Crippen LogP contribution in [0, 0.1) is 5.92 Å². The van der Waals surface area contributed by atoms with Gasteiger partial charge in [0.05, 0.1) is 9.79 Å². The van der Waals surface area contributed by atoms with Gasteiger partial charge >= 0.3 is 0 Å². The second-order valence-electron chi connectivity index (χ2n) is 4.74. The minimum absolute atomic E-state index is 0.0195. The number of hydrogen-bond acceptors (Lipinski definition) is 5. The van der Waals surface area contributed by atoms with E-state index in [0.717, 1.165) is 19.1 Å². The molecule has 0 spiro atoms. The first-order valence-corrected chi connectivity index (χ1v) is 9.30. The van der Waals surface area contributed by atoms with Gasteiger partial charge in [0.25, 0.3) is 0 Å². The maximum absolute atomic E-state index is 12.0. The molecule has 1 fully saturated rings. The van der Waals surface area contributed by atoms with Crippen molar-refractivity contribution >= 4 is 25.5 Å². The van der Waals surface area contributed by atoms with Gasteiger partial charge in [-0.2, -0.15) is 0 Å². The lowest BCUT2D eigenvalue weighted by Gasteiger charge is -2.04. The Hall–Kier alpha value is -1.21. The predicted molar refractivity (Wildman–Crippen MR) is 69.3 cm³/mol. The minimum Gasteiger partial charge on any atom is -0.298 e. The number of hydrogen-bond donors (Lipinski definition) is 0. The molecule has 0 amide bonds. The Bertz CT molecular complexity index is 695. The summed E-state index contributed by atoms with van der Waals surface area (Å²) in [5.74, 6) is -0.868. The van der Waals surface area contributed by atoms with Crippen LogP contribution in [-0.4, -0.2) is 34.6 Å². The van der Waals surface area contributed by atoms with Gasteiger partial charge in [0.2, 0.25) is 0 Å². The number of carbonyl (C=O) groups excluding carboxylic acids is 1. The van der Waals surface area contributed by atoms with Gasteiger partial charge in [0.1, 0.15) is 5.75 Å². The molecular formula is C12H14O5S2. The van der Waals surface area contributed by atoms with E-state index in [9.17, 15) is 21.6 Å². The van der Waals surface area contributed by atoms with Crippen molar-refractivity contribution in [1.82, 2.24) is 0 Å². The van der Waals surface area contributed by atoms with Gasteiger partial charge in [-0.1, -0.05) is 0 Å². The number of benzene rings is 1. The summed E-state index contributed by atoms with van der Waals surface area (Å²) in [6.07, 6.45) is 2.58. The molecule has 1 aliphatic carbocycles. The molecule has 19 heavy (non-hydrogen) atoms. The Morgan fingerprint density at radius 1 is 1.05 bits per heavy atom. The van der Waals surface area contributed by atoms with Gasteiger partial charge in [0.15, 0.2) is 25.5 Å². The molecule has 0 unspecified atom stereocenters. The Morgan fingerprint density at radius 3 is 1.95 bits per heavy atom. The van der Waals surface area contributed by atoms with E-state index < -0.39 is 25.4 Å². The normalized spacial score (nSPS) is 16.3. The summed E-state index contributed by atoms with van der Waals surface area (Å²) in [6, 6.07) is 4.94. The van der Waals surface area contributed by atoms with Crippen molar-refractivity contribution in [2.24, 2.45) is 5.92 Å². The molecule has 7 heteroatoms. The molecule has 0 atom stereocenters. The van der Waals surface area contributed by atoms with E-state index >= 15 is 0 Å². The minimum atomic E-state index is -3.67. The molecule has 1 aromatic rings. The van der Waals surface area contributed by atoms with E-state index in [2.05, 4.69) is 0 Å². The van der Waals surface area contributed by atoms with Crippen LogP contribution in [0.4, 0.5) is 0 Å². The third kappa shape index (κ3) is 3.42. The molecule has 0 aliphatic heterocycles. The van der Waals surface area contributed by atoms with E-state index in [1.165, 1.54) is 24.3 Å². The summed E-state index contributed by atoms with van der Waals surface area (Å²) in [5, 5.41) is 0. The van der Waals surface area contributed by atoms with Gasteiger partial charge in [-0.05, 0) is 37.1 Å². The van der Waals surface area contributed by atoms with Crippen LogP contribution in [0.25, 0.3) is 0 Å². The molecule has 0 bridgehead atoms. The zero-order chi connectivity index (χ0) is 14.3. The van der Waals surface area contributed by atoms with Crippen molar-refractivity contribution in [3.63, 3.8) is 0 Å². The van der Waals surface area contributed by atoms with Crippen molar-refractivity contribution in [2.45, 2.75) is 22.6 Å². The largest absolute Gasteiger partial charge is 0.298 e. The molecule has 5 nitrogen and oxygen atoms in total. The number of rotatable bonds is 5. The summed E-state index contributed by atoms with van der Waals surface area (Å²) >= 11 is 0. The third-order valence-corrected chi connectivity index (χ3v) is 5.76. The highest BCUT2D eigenvalue weighted by molar-refractivity contribution is 7.92. The second-order valence-corrected chi connectivity index (χ2v) is 8.75. The summed E-state index contributed by atoms with van der Waals surface area (Å²) in [7, 11) is -7.02. The number of carbonyl (C=O) groups is 1. The van der Waals surface area contributed by atoms with E-state index in [0.29, 0.717) is 0 Å². The lowest BCUT2D eigenvalue weighted by atomic mass is 10.3. The third-order valence-electron chi connectivity index (χ3n) is 2.98. The fourth-order valence-electron chi connectivity index (χ4n) is 1.69. The summed E-state index contributed by atoms with van der Waals surface area (Å²) < 4.78 is 46.5. The quantitative estimate of drug-likeness (QED) is 0.804. The number of Topliss-reactive ketones (excluding diaryl/α,β-unsaturated/α-hetero) is 1. The Morgan fingerprint density at radius 2 is 1.53 bits per heavy atom. The Labute approximate surface area is 112 Å². The van der Waals surface area contributed by atoms with Crippen LogP contribution in [0.3, 0.4) is 0 Å². The fourth-order valence-corrected chi connectivity index (χ4v) is 3.65. The van der Waals surface area contributed by atoms with Crippen molar-refractivity contribution < 1.29 is 21.6 Å². The lowest BCUT2D eigenvalue weighted by Crippen LogP contribution is -2.17. The van der Waals surface area contributed by atoms with Crippen LogP contribution < -0.4 is 0 Å². The topological polar surface area (TPSA) is 85.3 Å². The second kappa shape index (κ2) is 4.72. The molecule has 1 saturated carbocycles. The first kappa shape index (κ1) is 14.2. The zero-order valence-corrected chi connectivity index (χ0v) is 12.0. The van der Waals surface area contributed by atoms with Crippen LogP contribution in [0.1, 0.15) is 12.8 Å². The van der Waals surface area contributed by atoms with Gasteiger partial charge in [-0.25, -0.2) is 16.8 Å². The molecule has 0 heterocycles. The van der Waals surface area contributed by atoms with Crippen LogP contribution >= 0.6 is 0 Å². The number of sulfone groups is 2. The molecule has 1 aliphatic rings. The standard InChI is InChI=1S/C12H14O5S2/c1-18(14,15)10-4-6-11(7-5-10)19(16,17)8-12(13)9-2-3-9/h4-7,9H,2-3,8H2,1H3. The first-order valence-electron chi connectivity index (χ1n) is 5.76. The fraction of sp³-hybridized carbons (Fsp3) is 0.417. The monoisotopic (exact) mass is 302 g/mol. The van der Waals surface area contributed by atoms with Crippen molar-refractivity contribution in [1.29, 1.82) is 0 Å². The van der Waals surface area contributed by atoms with Crippen LogP contribution in [-0.2, 0) is 24.5 Å². The average molecular weight is 302 g/mol. The number of ketones is 1. The average Bonchev–Trinajstić information content (AvgIpc) is 3.11. The van der Waals surface area contributed by atoms with E-state index in [1.54, 1.807) is 0 Å². The maximum Gasteiger partial charge on any atom is 0.185 e. The summed E-state index contributed by atoms with van der Waals surface area (Å²) in [4.78, 5) is 11.6. The summed E-state index contributed by atoms with van der Waals surface area (Å²) in [5.41, 5.74) is 0. The van der Waals surface area contributed by atoms with Gasteiger partial charge in [-0.15, -0.1) is 0 Å². The zero-order valence-electron chi connectivity index (χ0n) is 10.4. The smallest absolute Gasteiger partial charge is 0.185 e. The Balaban J connectivity index is 2.23. The first-order chi connectivity index (χ1) is 8.70.